The van der Waals surface area contributed by atoms with E-state index in [4.69, 9.17) is 4.74 Å². The highest BCUT2D eigenvalue weighted by molar-refractivity contribution is 5.79. The lowest BCUT2D eigenvalue weighted by molar-refractivity contribution is -0.148. The minimum absolute atomic E-state index is 0.151. The molecule has 116 valence electrons. The highest BCUT2D eigenvalue weighted by Crippen LogP contribution is 2.35. The van der Waals surface area contributed by atoms with Crippen LogP contribution < -0.4 is 5.32 Å². The maximum atomic E-state index is 12.0. The summed E-state index contributed by atoms with van der Waals surface area (Å²) in [6.07, 6.45) is 3.77. The molecule has 0 radical (unpaired) electrons. The van der Waals surface area contributed by atoms with Gasteiger partial charge in [-0.25, -0.2) is 4.79 Å². The minimum Gasteiger partial charge on any atom is -0.481 e. The summed E-state index contributed by atoms with van der Waals surface area (Å²) in [5.41, 5.74) is -0.748. The van der Waals surface area contributed by atoms with Gasteiger partial charge in [-0.15, -0.1) is 0 Å². The van der Waals surface area contributed by atoms with E-state index in [1.54, 1.807) is 12.0 Å². The van der Waals surface area contributed by atoms with Crippen LogP contribution in [0.25, 0.3) is 0 Å². The van der Waals surface area contributed by atoms with Gasteiger partial charge in [0.05, 0.1) is 5.41 Å². The average Bonchev–Trinajstić information content (AvgIpc) is 2.84. The van der Waals surface area contributed by atoms with Gasteiger partial charge in [0.15, 0.2) is 0 Å². The summed E-state index contributed by atoms with van der Waals surface area (Å²) >= 11 is 0. The molecule has 6 nitrogen and oxygen atoms in total. The summed E-state index contributed by atoms with van der Waals surface area (Å²) in [5, 5.41) is 12.2. The second-order valence-corrected chi connectivity index (χ2v) is 5.44. The maximum Gasteiger partial charge on any atom is 0.317 e. The van der Waals surface area contributed by atoms with Gasteiger partial charge in [0.25, 0.3) is 0 Å². The van der Waals surface area contributed by atoms with Gasteiger partial charge in [-0.05, 0) is 25.7 Å². The van der Waals surface area contributed by atoms with Gasteiger partial charge >= 0.3 is 12.0 Å². The van der Waals surface area contributed by atoms with Crippen molar-refractivity contribution in [3.63, 3.8) is 0 Å². The number of likely N-dealkylation sites (tertiary alicyclic amines) is 1. The third-order valence-electron chi connectivity index (χ3n) is 3.87. The number of nitrogens with one attached hydrogen (secondary N) is 1. The standard InChI is InChI=1S/C14H26N2O4/c1-3-6-14(12(17)18)7-9-16(11-14)13(19)15-8-4-5-10-20-2/h3-11H2,1-2H3,(H,15,19)(H,17,18). The summed E-state index contributed by atoms with van der Waals surface area (Å²) in [4.78, 5) is 25.1. The smallest absolute Gasteiger partial charge is 0.317 e. The molecule has 0 aromatic rings. The summed E-state index contributed by atoms with van der Waals surface area (Å²) < 4.78 is 4.94. The van der Waals surface area contributed by atoms with Crippen LogP contribution >= 0.6 is 0 Å². The second-order valence-electron chi connectivity index (χ2n) is 5.44. The number of hydrogen-bond donors (Lipinski definition) is 2. The number of urea groups is 1. The highest BCUT2D eigenvalue weighted by Gasteiger charge is 2.45. The topological polar surface area (TPSA) is 78.9 Å². The zero-order valence-electron chi connectivity index (χ0n) is 12.5. The van der Waals surface area contributed by atoms with Crippen molar-refractivity contribution in [3.8, 4) is 0 Å². The van der Waals surface area contributed by atoms with Gasteiger partial charge in [-0.2, -0.15) is 0 Å². The Kier molecular flexibility index (Phi) is 6.78. The molecule has 1 aliphatic rings. The zero-order valence-corrected chi connectivity index (χ0v) is 12.5. The van der Waals surface area contributed by atoms with Crippen LogP contribution in [0.4, 0.5) is 4.79 Å². The number of ether oxygens (including phenoxy) is 1. The molecule has 20 heavy (non-hydrogen) atoms. The fraction of sp³-hybridized carbons (Fsp3) is 0.857. The first kappa shape index (κ1) is 16.8. The molecule has 0 saturated carbocycles. The Morgan fingerprint density at radius 3 is 2.75 bits per heavy atom. The van der Waals surface area contributed by atoms with Crippen molar-refractivity contribution < 1.29 is 19.4 Å². The average molecular weight is 286 g/mol. The highest BCUT2D eigenvalue weighted by atomic mass is 16.5. The number of unbranched alkanes of at least 4 members (excludes halogenated alkanes) is 1. The van der Waals surface area contributed by atoms with E-state index in [1.165, 1.54) is 0 Å². The summed E-state index contributed by atoms with van der Waals surface area (Å²) in [6.45, 7) is 4.12. The number of carbonyl (C=O) groups excluding carboxylic acids is 1. The van der Waals surface area contributed by atoms with E-state index in [1.807, 2.05) is 6.92 Å². The number of aliphatic carboxylic acids is 1. The van der Waals surface area contributed by atoms with E-state index in [-0.39, 0.29) is 6.03 Å². The molecule has 0 aromatic carbocycles. The van der Waals surface area contributed by atoms with Crippen molar-refractivity contribution in [1.29, 1.82) is 0 Å². The molecular weight excluding hydrogens is 260 g/mol. The molecular formula is C14H26N2O4. The maximum absolute atomic E-state index is 12.0. The van der Waals surface area contributed by atoms with Crippen LogP contribution in [0.5, 0.6) is 0 Å². The number of rotatable bonds is 8. The number of carbonyl (C=O) groups is 2. The van der Waals surface area contributed by atoms with Gasteiger partial charge in [0.1, 0.15) is 0 Å². The first-order chi connectivity index (χ1) is 9.55. The lowest BCUT2D eigenvalue weighted by atomic mass is 9.83. The fourth-order valence-corrected chi connectivity index (χ4v) is 2.69. The molecule has 1 atom stereocenters. The summed E-state index contributed by atoms with van der Waals surface area (Å²) in [6, 6.07) is -0.151. The van der Waals surface area contributed by atoms with E-state index in [9.17, 15) is 14.7 Å². The first-order valence-corrected chi connectivity index (χ1v) is 7.31. The molecule has 0 aliphatic carbocycles. The minimum atomic E-state index is -0.783. The Morgan fingerprint density at radius 2 is 2.15 bits per heavy atom. The predicted octanol–water partition coefficient (Wildman–Crippen LogP) is 1.70. The van der Waals surface area contributed by atoms with Gasteiger partial charge in [-0.3, -0.25) is 4.79 Å². The number of amides is 2. The molecule has 1 fully saturated rings. The number of hydrogen-bond acceptors (Lipinski definition) is 3. The lowest BCUT2D eigenvalue weighted by Crippen LogP contribution is -2.42. The van der Waals surface area contributed by atoms with E-state index in [2.05, 4.69) is 5.32 Å². The molecule has 1 unspecified atom stereocenters. The largest absolute Gasteiger partial charge is 0.481 e. The molecule has 0 aromatic heterocycles. The SMILES string of the molecule is CCCC1(C(=O)O)CCN(C(=O)NCCCCOC)C1. The Labute approximate surface area is 120 Å². The molecule has 1 heterocycles. The van der Waals surface area contributed by atoms with E-state index in [0.717, 1.165) is 19.3 Å². The van der Waals surface area contributed by atoms with E-state index >= 15 is 0 Å². The molecule has 1 aliphatic heterocycles. The van der Waals surface area contributed by atoms with Gasteiger partial charge in [-0.1, -0.05) is 13.3 Å². The van der Waals surface area contributed by atoms with E-state index < -0.39 is 11.4 Å². The molecule has 2 N–H and O–H groups in total. The van der Waals surface area contributed by atoms with E-state index in [0.29, 0.717) is 39.1 Å². The third kappa shape index (κ3) is 4.37. The number of methoxy groups -OCH3 is 1. The van der Waals surface area contributed by atoms with Crippen LogP contribution in [0.3, 0.4) is 0 Å². The zero-order chi connectivity index (χ0) is 15.0. The normalized spacial score (nSPS) is 22.0. The lowest BCUT2D eigenvalue weighted by Gasteiger charge is -2.24. The van der Waals surface area contributed by atoms with Crippen LogP contribution in [-0.2, 0) is 9.53 Å². The predicted molar refractivity (Wildman–Crippen MR) is 75.7 cm³/mol. The monoisotopic (exact) mass is 286 g/mol. The second kappa shape index (κ2) is 8.09. The number of carboxylic acid groups (broad SMARTS) is 1. The van der Waals surface area contributed by atoms with Crippen molar-refractivity contribution in [2.45, 2.75) is 39.0 Å². The molecule has 1 rings (SSSR count). The van der Waals surface area contributed by atoms with Crippen LogP contribution in [0, 0.1) is 5.41 Å². The Bertz CT molecular complexity index is 335. The van der Waals surface area contributed by atoms with Crippen LogP contribution in [0.15, 0.2) is 0 Å². The quantitative estimate of drug-likeness (QED) is 0.666. The first-order valence-electron chi connectivity index (χ1n) is 7.31. The Balaban J connectivity index is 2.38. The molecule has 0 spiro atoms. The van der Waals surface area contributed by atoms with Crippen LogP contribution in [0.1, 0.15) is 39.0 Å². The van der Waals surface area contributed by atoms with Crippen molar-refractivity contribution >= 4 is 12.0 Å². The Morgan fingerprint density at radius 1 is 1.40 bits per heavy atom. The van der Waals surface area contributed by atoms with Crippen molar-refractivity contribution in [2.24, 2.45) is 5.41 Å². The molecule has 2 amide bonds. The van der Waals surface area contributed by atoms with Crippen molar-refractivity contribution in [3.05, 3.63) is 0 Å². The molecule has 0 bridgehead atoms. The summed E-state index contributed by atoms with van der Waals surface area (Å²) in [7, 11) is 1.65. The van der Waals surface area contributed by atoms with Gasteiger partial charge < -0.3 is 20.1 Å². The summed E-state index contributed by atoms with van der Waals surface area (Å²) in [5.74, 6) is -0.783. The fourth-order valence-electron chi connectivity index (χ4n) is 2.69. The van der Waals surface area contributed by atoms with Crippen molar-refractivity contribution in [2.75, 3.05) is 33.4 Å². The molecule has 6 heteroatoms. The van der Waals surface area contributed by atoms with Gasteiger partial charge in [0.2, 0.25) is 0 Å². The van der Waals surface area contributed by atoms with Crippen LogP contribution in [-0.4, -0.2) is 55.4 Å². The number of carboxylic acids is 1. The third-order valence-corrected chi connectivity index (χ3v) is 3.87. The van der Waals surface area contributed by atoms with Crippen LogP contribution in [0.2, 0.25) is 0 Å². The van der Waals surface area contributed by atoms with Crippen molar-refractivity contribution in [1.82, 2.24) is 10.2 Å². The number of nitrogens with zero attached hydrogens (tertiary/aromatic N) is 1. The van der Waals surface area contributed by atoms with Gasteiger partial charge in [0, 0.05) is 33.4 Å². The Hall–Kier alpha value is -1.30. The molecule has 1 saturated heterocycles.